The lowest BCUT2D eigenvalue weighted by atomic mass is 9.98. The molecule has 2 rings (SSSR count). The monoisotopic (exact) mass is 312 g/mol. The van der Waals surface area contributed by atoms with Gasteiger partial charge in [-0.1, -0.05) is 6.92 Å². The van der Waals surface area contributed by atoms with Crippen LogP contribution in [0.2, 0.25) is 0 Å². The SMILES string of the molecule is C[C@H](C(=O)N1CCOC1=O)[C@H]1CCCN1C(=O)OC(C)(C)C. The molecule has 0 N–H and O–H groups in total. The molecule has 2 fully saturated rings. The molecule has 3 amide bonds. The predicted molar refractivity (Wildman–Crippen MR) is 78.2 cm³/mol. The zero-order valence-corrected chi connectivity index (χ0v) is 13.6. The van der Waals surface area contributed by atoms with Gasteiger partial charge in [0.1, 0.15) is 12.2 Å². The molecule has 7 nitrogen and oxygen atoms in total. The maximum atomic E-state index is 12.4. The molecule has 0 saturated carbocycles. The summed E-state index contributed by atoms with van der Waals surface area (Å²) < 4.78 is 10.2. The molecule has 0 aliphatic carbocycles. The highest BCUT2D eigenvalue weighted by Crippen LogP contribution is 2.27. The summed E-state index contributed by atoms with van der Waals surface area (Å²) in [6.07, 6.45) is 0.554. The van der Waals surface area contributed by atoms with E-state index in [4.69, 9.17) is 9.47 Å². The summed E-state index contributed by atoms with van der Waals surface area (Å²) in [5, 5.41) is 0. The molecule has 0 spiro atoms. The van der Waals surface area contributed by atoms with Gasteiger partial charge in [-0.15, -0.1) is 0 Å². The van der Waals surface area contributed by atoms with Crippen molar-refractivity contribution in [2.75, 3.05) is 19.7 Å². The Kier molecular flexibility index (Phi) is 4.63. The van der Waals surface area contributed by atoms with Gasteiger partial charge >= 0.3 is 12.2 Å². The lowest BCUT2D eigenvalue weighted by Crippen LogP contribution is -2.47. The first-order valence-electron chi connectivity index (χ1n) is 7.68. The third-order valence-electron chi connectivity index (χ3n) is 3.92. The Bertz CT molecular complexity index is 471. The molecule has 0 radical (unpaired) electrons. The number of cyclic esters (lactones) is 1. The topological polar surface area (TPSA) is 76.2 Å². The number of amides is 3. The molecule has 0 unspecified atom stereocenters. The van der Waals surface area contributed by atoms with Crippen LogP contribution in [-0.4, -0.2) is 59.2 Å². The van der Waals surface area contributed by atoms with Crippen molar-refractivity contribution < 1.29 is 23.9 Å². The van der Waals surface area contributed by atoms with Gasteiger partial charge in [0.05, 0.1) is 12.5 Å². The number of hydrogen-bond donors (Lipinski definition) is 0. The number of likely N-dealkylation sites (tertiary alicyclic amines) is 1. The molecule has 2 atom stereocenters. The maximum Gasteiger partial charge on any atom is 0.416 e. The average Bonchev–Trinajstić information content (AvgIpc) is 3.03. The summed E-state index contributed by atoms with van der Waals surface area (Å²) in [6, 6.07) is -0.240. The van der Waals surface area contributed by atoms with Gasteiger partial charge in [-0.3, -0.25) is 4.79 Å². The largest absolute Gasteiger partial charge is 0.447 e. The van der Waals surface area contributed by atoms with Gasteiger partial charge in [0, 0.05) is 12.6 Å². The first-order valence-corrected chi connectivity index (χ1v) is 7.68. The van der Waals surface area contributed by atoms with Crippen LogP contribution in [0.4, 0.5) is 9.59 Å². The van der Waals surface area contributed by atoms with Crippen molar-refractivity contribution in [3.8, 4) is 0 Å². The van der Waals surface area contributed by atoms with Crippen molar-refractivity contribution in [3.63, 3.8) is 0 Å². The zero-order valence-electron chi connectivity index (χ0n) is 13.6. The van der Waals surface area contributed by atoms with E-state index in [1.54, 1.807) is 11.8 Å². The van der Waals surface area contributed by atoms with Crippen molar-refractivity contribution in [2.24, 2.45) is 5.92 Å². The zero-order chi connectivity index (χ0) is 16.5. The van der Waals surface area contributed by atoms with Crippen LogP contribution in [-0.2, 0) is 14.3 Å². The van der Waals surface area contributed by atoms with Crippen LogP contribution >= 0.6 is 0 Å². The number of carbonyl (C=O) groups is 3. The molecular weight excluding hydrogens is 288 g/mol. The summed E-state index contributed by atoms with van der Waals surface area (Å²) in [7, 11) is 0. The molecule has 2 aliphatic heterocycles. The second-order valence-electron chi connectivity index (χ2n) is 6.78. The number of hydrogen-bond acceptors (Lipinski definition) is 5. The maximum absolute atomic E-state index is 12.4. The quantitative estimate of drug-likeness (QED) is 0.779. The third-order valence-corrected chi connectivity index (χ3v) is 3.92. The van der Waals surface area contributed by atoms with Crippen molar-refractivity contribution in [1.29, 1.82) is 0 Å². The molecule has 0 bridgehead atoms. The van der Waals surface area contributed by atoms with Gasteiger partial charge in [-0.25, -0.2) is 14.5 Å². The molecule has 2 saturated heterocycles. The van der Waals surface area contributed by atoms with E-state index < -0.39 is 23.7 Å². The van der Waals surface area contributed by atoms with Crippen LogP contribution in [0.5, 0.6) is 0 Å². The minimum atomic E-state index is -0.598. The van der Waals surface area contributed by atoms with Gasteiger partial charge in [0.25, 0.3) is 0 Å². The van der Waals surface area contributed by atoms with E-state index in [1.165, 1.54) is 0 Å². The van der Waals surface area contributed by atoms with Crippen LogP contribution in [0.3, 0.4) is 0 Å². The van der Waals surface area contributed by atoms with E-state index in [2.05, 4.69) is 0 Å². The number of nitrogens with zero attached hydrogens (tertiary/aromatic N) is 2. The Morgan fingerprint density at radius 2 is 2.00 bits per heavy atom. The fourth-order valence-corrected chi connectivity index (χ4v) is 2.86. The highest BCUT2D eigenvalue weighted by molar-refractivity contribution is 5.94. The smallest absolute Gasteiger partial charge is 0.416 e. The minimum absolute atomic E-state index is 0.234. The van der Waals surface area contributed by atoms with Gasteiger partial charge in [0.2, 0.25) is 5.91 Å². The van der Waals surface area contributed by atoms with Crippen molar-refractivity contribution in [1.82, 2.24) is 9.80 Å². The summed E-state index contributed by atoms with van der Waals surface area (Å²) in [4.78, 5) is 39.0. The van der Waals surface area contributed by atoms with E-state index >= 15 is 0 Å². The summed E-state index contributed by atoms with van der Waals surface area (Å²) in [6.45, 7) is 8.27. The van der Waals surface area contributed by atoms with Gasteiger partial charge in [-0.2, -0.15) is 0 Å². The van der Waals surface area contributed by atoms with Gasteiger partial charge in [-0.05, 0) is 33.6 Å². The summed E-state index contributed by atoms with van der Waals surface area (Å²) in [5.74, 6) is -0.747. The normalized spacial score (nSPS) is 23.5. The van der Waals surface area contributed by atoms with Crippen LogP contribution in [0.25, 0.3) is 0 Å². The predicted octanol–water partition coefficient (Wildman–Crippen LogP) is 2.00. The molecule has 0 aromatic heterocycles. The molecule has 124 valence electrons. The van der Waals surface area contributed by atoms with Crippen LogP contribution in [0, 0.1) is 5.92 Å². The van der Waals surface area contributed by atoms with Crippen molar-refractivity contribution >= 4 is 18.1 Å². The summed E-state index contributed by atoms with van der Waals surface area (Å²) in [5.41, 5.74) is -0.573. The molecule has 2 aliphatic rings. The second-order valence-corrected chi connectivity index (χ2v) is 6.78. The lowest BCUT2D eigenvalue weighted by Gasteiger charge is -2.32. The Morgan fingerprint density at radius 1 is 1.32 bits per heavy atom. The fourth-order valence-electron chi connectivity index (χ4n) is 2.86. The Labute approximate surface area is 130 Å². The third kappa shape index (κ3) is 3.51. The van der Waals surface area contributed by atoms with E-state index in [1.807, 2.05) is 20.8 Å². The summed E-state index contributed by atoms with van der Waals surface area (Å²) >= 11 is 0. The van der Waals surface area contributed by atoms with E-state index in [0.29, 0.717) is 6.54 Å². The Balaban J connectivity index is 2.04. The fraction of sp³-hybridized carbons (Fsp3) is 0.800. The standard InChI is InChI=1S/C15H24N2O5/c1-10(12(18)17-8-9-21-13(17)19)11-6-5-7-16(11)14(20)22-15(2,3)4/h10-11H,5-9H2,1-4H3/t10-,11+/m0/s1. The van der Waals surface area contributed by atoms with Gasteiger partial charge < -0.3 is 14.4 Å². The number of ether oxygens (including phenoxy) is 2. The van der Waals surface area contributed by atoms with E-state index in [-0.39, 0.29) is 25.1 Å². The molecule has 22 heavy (non-hydrogen) atoms. The van der Waals surface area contributed by atoms with Crippen LogP contribution < -0.4 is 0 Å². The first-order chi connectivity index (χ1) is 10.2. The van der Waals surface area contributed by atoms with Crippen molar-refractivity contribution in [3.05, 3.63) is 0 Å². The highest BCUT2D eigenvalue weighted by atomic mass is 16.6. The van der Waals surface area contributed by atoms with Crippen LogP contribution in [0.15, 0.2) is 0 Å². The molecule has 0 aromatic rings. The molecular formula is C15H24N2O5. The van der Waals surface area contributed by atoms with E-state index in [9.17, 15) is 14.4 Å². The molecule has 0 aromatic carbocycles. The first kappa shape index (κ1) is 16.6. The molecule has 2 heterocycles. The number of imide groups is 1. The minimum Gasteiger partial charge on any atom is -0.447 e. The van der Waals surface area contributed by atoms with E-state index in [0.717, 1.165) is 17.7 Å². The van der Waals surface area contributed by atoms with Crippen LogP contribution in [0.1, 0.15) is 40.5 Å². The number of carbonyl (C=O) groups excluding carboxylic acids is 3. The Morgan fingerprint density at radius 3 is 2.55 bits per heavy atom. The average molecular weight is 312 g/mol. The highest BCUT2D eigenvalue weighted by Gasteiger charge is 2.41. The second kappa shape index (κ2) is 6.14. The number of rotatable bonds is 2. The Hall–Kier alpha value is -1.79. The van der Waals surface area contributed by atoms with Gasteiger partial charge in [0.15, 0.2) is 0 Å². The van der Waals surface area contributed by atoms with Crippen molar-refractivity contribution in [2.45, 2.75) is 52.2 Å². The molecule has 7 heteroatoms. The lowest BCUT2D eigenvalue weighted by molar-refractivity contribution is -0.133.